The van der Waals surface area contributed by atoms with Gasteiger partial charge in [-0.2, -0.15) is 9.97 Å². The van der Waals surface area contributed by atoms with Gasteiger partial charge in [0.15, 0.2) is 17.0 Å². The van der Waals surface area contributed by atoms with Crippen LogP contribution in [0.3, 0.4) is 0 Å². The standard InChI is InChI=1S/C21H25ClN6O/c22-21-25-19(18-20(26-21)28(14-23-18)17-4-2-1-3-5-17)24-15-6-8-16(9-7-15)27-10-12-29-13-11-27/h6-9,14,17H,1-5,10-13H2,(H,24,25,26). The number of fused-ring (bicyclic) bond motifs is 1. The summed E-state index contributed by atoms with van der Waals surface area (Å²) in [6, 6.07) is 8.80. The number of rotatable bonds is 4. The summed E-state index contributed by atoms with van der Waals surface area (Å²) < 4.78 is 7.61. The number of imidazole rings is 1. The Hall–Kier alpha value is -2.38. The van der Waals surface area contributed by atoms with Gasteiger partial charge in [0.05, 0.1) is 19.5 Å². The van der Waals surface area contributed by atoms with Crippen molar-refractivity contribution < 1.29 is 4.74 Å². The predicted octanol–water partition coefficient (Wildman–Crippen LogP) is 4.57. The summed E-state index contributed by atoms with van der Waals surface area (Å²) >= 11 is 6.26. The Bertz CT molecular complexity index is 977. The van der Waals surface area contributed by atoms with E-state index in [1.807, 2.05) is 6.33 Å². The number of nitrogens with one attached hydrogen (secondary N) is 1. The lowest BCUT2D eigenvalue weighted by Gasteiger charge is -2.28. The molecule has 1 N–H and O–H groups in total. The van der Waals surface area contributed by atoms with Gasteiger partial charge in [-0.05, 0) is 48.7 Å². The van der Waals surface area contributed by atoms with Crippen LogP contribution < -0.4 is 10.2 Å². The smallest absolute Gasteiger partial charge is 0.226 e. The van der Waals surface area contributed by atoms with Gasteiger partial charge in [-0.25, -0.2) is 4.98 Å². The van der Waals surface area contributed by atoms with Crippen molar-refractivity contribution in [2.24, 2.45) is 0 Å². The van der Waals surface area contributed by atoms with E-state index < -0.39 is 0 Å². The molecular formula is C21H25ClN6O. The van der Waals surface area contributed by atoms with E-state index in [2.05, 4.69) is 54.0 Å². The number of halogens is 1. The number of ether oxygens (including phenoxy) is 1. The van der Waals surface area contributed by atoms with Crippen LogP contribution in [0.5, 0.6) is 0 Å². The third kappa shape index (κ3) is 3.89. The van der Waals surface area contributed by atoms with Crippen molar-refractivity contribution >= 4 is 40.0 Å². The zero-order chi connectivity index (χ0) is 19.6. The summed E-state index contributed by atoms with van der Waals surface area (Å²) in [5.41, 5.74) is 3.72. The topological polar surface area (TPSA) is 68.1 Å². The van der Waals surface area contributed by atoms with Crippen LogP contribution >= 0.6 is 11.6 Å². The van der Waals surface area contributed by atoms with Crippen LogP contribution in [0.2, 0.25) is 5.28 Å². The molecule has 3 aromatic rings. The fourth-order valence-electron chi connectivity index (χ4n) is 4.32. The van der Waals surface area contributed by atoms with Gasteiger partial charge in [0.25, 0.3) is 0 Å². The summed E-state index contributed by atoms with van der Waals surface area (Å²) in [6.45, 7) is 3.41. The van der Waals surface area contributed by atoms with Crippen molar-refractivity contribution in [3.8, 4) is 0 Å². The minimum atomic E-state index is 0.238. The summed E-state index contributed by atoms with van der Waals surface area (Å²) in [5.74, 6) is 0.647. The number of anilines is 3. The van der Waals surface area contributed by atoms with Crippen molar-refractivity contribution in [2.45, 2.75) is 38.1 Å². The monoisotopic (exact) mass is 412 g/mol. The average Bonchev–Trinajstić information content (AvgIpc) is 3.19. The lowest BCUT2D eigenvalue weighted by atomic mass is 9.95. The highest BCUT2D eigenvalue weighted by molar-refractivity contribution is 6.28. The highest BCUT2D eigenvalue weighted by Gasteiger charge is 2.20. The van der Waals surface area contributed by atoms with Crippen LogP contribution in [0.25, 0.3) is 11.2 Å². The summed E-state index contributed by atoms with van der Waals surface area (Å²) in [5, 5.41) is 3.62. The lowest BCUT2D eigenvalue weighted by molar-refractivity contribution is 0.122. The molecule has 5 rings (SSSR count). The van der Waals surface area contributed by atoms with E-state index in [1.165, 1.54) is 37.8 Å². The highest BCUT2D eigenvalue weighted by Crippen LogP contribution is 2.32. The Morgan fingerprint density at radius 3 is 2.52 bits per heavy atom. The second-order valence-corrected chi connectivity index (χ2v) is 8.07. The second-order valence-electron chi connectivity index (χ2n) is 7.73. The molecule has 0 bridgehead atoms. The molecule has 8 heteroatoms. The molecular weight excluding hydrogens is 388 g/mol. The van der Waals surface area contributed by atoms with Crippen molar-refractivity contribution in [3.63, 3.8) is 0 Å². The number of morpholine rings is 1. The molecule has 1 aliphatic heterocycles. The minimum absolute atomic E-state index is 0.238. The largest absolute Gasteiger partial charge is 0.378 e. The Labute approximate surface area is 175 Å². The number of aromatic nitrogens is 4. The maximum atomic E-state index is 6.26. The van der Waals surface area contributed by atoms with Crippen LogP contribution in [0.4, 0.5) is 17.2 Å². The van der Waals surface area contributed by atoms with Gasteiger partial charge in [0.2, 0.25) is 5.28 Å². The summed E-state index contributed by atoms with van der Waals surface area (Å²) in [4.78, 5) is 15.8. The summed E-state index contributed by atoms with van der Waals surface area (Å²) in [7, 11) is 0. The van der Waals surface area contributed by atoms with E-state index in [4.69, 9.17) is 16.3 Å². The van der Waals surface area contributed by atoms with E-state index in [9.17, 15) is 0 Å². The molecule has 2 fully saturated rings. The Morgan fingerprint density at radius 2 is 1.76 bits per heavy atom. The Kier molecular flexibility index (Phi) is 5.24. The van der Waals surface area contributed by atoms with Gasteiger partial charge in [-0.1, -0.05) is 19.3 Å². The maximum Gasteiger partial charge on any atom is 0.226 e. The van der Waals surface area contributed by atoms with Crippen molar-refractivity contribution in [1.82, 2.24) is 19.5 Å². The SMILES string of the molecule is Clc1nc(Nc2ccc(N3CCOCC3)cc2)c2ncn(C3CCCCC3)c2n1. The molecule has 0 unspecified atom stereocenters. The van der Waals surface area contributed by atoms with Gasteiger partial charge in [-0.15, -0.1) is 0 Å². The average molecular weight is 413 g/mol. The third-order valence-electron chi connectivity index (χ3n) is 5.87. The van der Waals surface area contributed by atoms with Crippen LogP contribution in [0.15, 0.2) is 30.6 Å². The molecule has 29 heavy (non-hydrogen) atoms. The first kappa shape index (κ1) is 18.6. The Balaban J connectivity index is 1.40. The van der Waals surface area contributed by atoms with Crippen molar-refractivity contribution in [2.75, 3.05) is 36.5 Å². The van der Waals surface area contributed by atoms with E-state index in [0.29, 0.717) is 11.9 Å². The third-order valence-corrected chi connectivity index (χ3v) is 6.04. The fraction of sp³-hybridized carbons (Fsp3) is 0.476. The predicted molar refractivity (Wildman–Crippen MR) is 115 cm³/mol. The molecule has 0 amide bonds. The second kappa shape index (κ2) is 8.16. The van der Waals surface area contributed by atoms with Crippen molar-refractivity contribution in [3.05, 3.63) is 35.9 Å². The number of hydrogen-bond acceptors (Lipinski definition) is 6. The number of hydrogen-bond donors (Lipinski definition) is 1. The Morgan fingerprint density at radius 1 is 1.00 bits per heavy atom. The van der Waals surface area contributed by atoms with Gasteiger partial charge < -0.3 is 19.5 Å². The number of benzene rings is 1. The first-order valence-corrected chi connectivity index (χ1v) is 10.8. The van der Waals surface area contributed by atoms with Crippen LogP contribution in [0.1, 0.15) is 38.1 Å². The molecule has 0 atom stereocenters. The van der Waals surface area contributed by atoms with Gasteiger partial charge >= 0.3 is 0 Å². The minimum Gasteiger partial charge on any atom is -0.378 e. The zero-order valence-corrected chi connectivity index (χ0v) is 17.1. The van der Waals surface area contributed by atoms with E-state index >= 15 is 0 Å². The molecule has 0 spiro atoms. The zero-order valence-electron chi connectivity index (χ0n) is 16.4. The quantitative estimate of drug-likeness (QED) is 0.633. The normalized spacial score (nSPS) is 18.3. The maximum absolute atomic E-state index is 6.26. The first-order chi connectivity index (χ1) is 14.3. The highest BCUT2D eigenvalue weighted by atomic mass is 35.5. The van der Waals surface area contributed by atoms with E-state index in [1.54, 1.807) is 0 Å². The molecule has 1 aliphatic carbocycles. The van der Waals surface area contributed by atoms with Crippen LogP contribution in [-0.4, -0.2) is 45.8 Å². The lowest BCUT2D eigenvalue weighted by Crippen LogP contribution is -2.36. The van der Waals surface area contributed by atoms with E-state index in [0.717, 1.165) is 43.2 Å². The molecule has 0 radical (unpaired) electrons. The molecule has 3 heterocycles. The molecule has 2 aromatic heterocycles. The van der Waals surface area contributed by atoms with E-state index in [-0.39, 0.29) is 5.28 Å². The van der Waals surface area contributed by atoms with Crippen LogP contribution in [0, 0.1) is 0 Å². The molecule has 1 aromatic carbocycles. The molecule has 1 saturated carbocycles. The first-order valence-electron chi connectivity index (χ1n) is 10.4. The summed E-state index contributed by atoms with van der Waals surface area (Å²) in [6.07, 6.45) is 8.04. The molecule has 7 nitrogen and oxygen atoms in total. The molecule has 2 aliphatic rings. The molecule has 1 saturated heterocycles. The number of nitrogens with zero attached hydrogens (tertiary/aromatic N) is 5. The van der Waals surface area contributed by atoms with Gasteiger partial charge in [0.1, 0.15) is 0 Å². The molecule has 152 valence electrons. The van der Waals surface area contributed by atoms with Crippen LogP contribution in [-0.2, 0) is 4.74 Å². The van der Waals surface area contributed by atoms with Gasteiger partial charge in [0, 0.05) is 30.5 Å². The fourth-order valence-corrected chi connectivity index (χ4v) is 4.48. The van der Waals surface area contributed by atoms with Gasteiger partial charge in [-0.3, -0.25) is 0 Å². The van der Waals surface area contributed by atoms with Crippen molar-refractivity contribution in [1.29, 1.82) is 0 Å².